The van der Waals surface area contributed by atoms with Gasteiger partial charge in [-0.25, -0.2) is 4.98 Å². The van der Waals surface area contributed by atoms with Gasteiger partial charge in [-0.2, -0.15) is 0 Å². The smallest absolute Gasteiger partial charge is 0.185 e. The average Bonchev–Trinajstić information content (AvgIpc) is 2.88. The molecule has 0 spiro atoms. The Bertz CT molecular complexity index is 427. The number of thiazole rings is 1. The summed E-state index contributed by atoms with van der Waals surface area (Å²) in [5.41, 5.74) is 1.09. The maximum Gasteiger partial charge on any atom is 0.185 e. The van der Waals surface area contributed by atoms with Crippen LogP contribution in [0.5, 0.6) is 0 Å². The quantitative estimate of drug-likeness (QED) is 0.837. The molecule has 1 heterocycles. The highest BCUT2D eigenvalue weighted by atomic mass is 32.1. The number of aromatic nitrogens is 1. The third kappa shape index (κ3) is 4.41. The summed E-state index contributed by atoms with van der Waals surface area (Å²) in [4.78, 5) is 8.53. The van der Waals surface area contributed by atoms with Gasteiger partial charge in [0.25, 0.3) is 0 Å². The first-order chi connectivity index (χ1) is 10.2. The maximum atomic E-state index is 5.30. The molecule has 1 fully saturated rings. The first-order valence-electron chi connectivity index (χ1n) is 8.06. The van der Waals surface area contributed by atoms with Crippen molar-refractivity contribution in [3.8, 4) is 0 Å². The molecule has 5 heteroatoms. The largest absolute Gasteiger partial charge is 0.378 e. The molecule has 1 aliphatic carbocycles. The van der Waals surface area contributed by atoms with Crippen LogP contribution in [0.15, 0.2) is 0 Å². The summed E-state index contributed by atoms with van der Waals surface area (Å²) in [5, 5.41) is 4.54. The van der Waals surface area contributed by atoms with Crippen molar-refractivity contribution in [1.82, 2.24) is 10.3 Å². The lowest BCUT2D eigenvalue weighted by molar-refractivity contribution is 0.181. The van der Waals surface area contributed by atoms with E-state index in [2.05, 4.69) is 31.1 Å². The van der Waals surface area contributed by atoms with E-state index >= 15 is 0 Å². The lowest BCUT2D eigenvalue weighted by Gasteiger charge is -2.33. The SMILES string of the molecule is CCNCc1sc(N(C)C2CCC(C)CC2)nc1COC. The second-order valence-corrected chi connectivity index (χ2v) is 7.17. The van der Waals surface area contributed by atoms with Crippen molar-refractivity contribution >= 4 is 16.5 Å². The predicted molar refractivity (Wildman–Crippen MR) is 90.0 cm³/mol. The summed E-state index contributed by atoms with van der Waals surface area (Å²) >= 11 is 1.81. The van der Waals surface area contributed by atoms with E-state index in [9.17, 15) is 0 Å². The van der Waals surface area contributed by atoms with Gasteiger partial charge in [-0.3, -0.25) is 0 Å². The van der Waals surface area contributed by atoms with Crippen LogP contribution in [-0.2, 0) is 17.9 Å². The first-order valence-corrected chi connectivity index (χ1v) is 8.88. The van der Waals surface area contributed by atoms with Gasteiger partial charge in [-0.05, 0) is 38.1 Å². The molecule has 0 unspecified atom stereocenters. The molecule has 1 aromatic heterocycles. The highest BCUT2D eigenvalue weighted by molar-refractivity contribution is 7.15. The van der Waals surface area contributed by atoms with Crippen LogP contribution >= 0.6 is 11.3 Å². The number of anilines is 1. The standard InChI is InChI=1S/C16H29N3OS/c1-5-17-10-15-14(11-20-4)18-16(21-15)19(3)13-8-6-12(2)7-9-13/h12-13,17H,5-11H2,1-4H3. The summed E-state index contributed by atoms with van der Waals surface area (Å²) in [6.07, 6.45) is 5.27. The molecule has 1 aliphatic rings. The molecule has 0 amide bonds. The van der Waals surface area contributed by atoms with E-state index in [1.54, 1.807) is 7.11 Å². The number of hydrogen-bond acceptors (Lipinski definition) is 5. The van der Waals surface area contributed by atoms with Gasteiger partial charge in [-0.1, -0.05) is 13.8 Å². The van der Waals surface area contributed by atoms with E-state index < -0.39 is 0 Å². The fourth-order valence-electron chi connectivity index (χ4n) is 2.93. The molecule has 1 N–H and O–H groups in total. The zero-order chi connectivity index (χ0) is 15.2. The van der Waals surface area contributed by atoms with Gasteiger partial charge in [0.15, 0.2) is 5.13 Å². The molecule has 21 heavy (non-hydrogen) atoms. The van der Waals surface area contributed by atoms with Crippen LogP contribution < -0.4 is 10.2 Å². The lowest BCUT2D eigenvalue weighted by atomic mass is 9.87. The van der Waals surface area contributed by atoms with Crippen LogP contribution in [0.2, 0.25) is 0 Å². The van der Waals surface area contributed by atoms with Crippen LogP contribution in [0, 0.1) is 5.92 Å². The first kappa shape index (κ1) is 16.7. The zero-order valence-corrected chi connectivity index (χ0v) is 14.6. The Labute approximate surface area is 132 Å². The Morgan fingerprint density at radius 2 is 2.05 bits per heavy atom. The zero-order valence-electron chi connectivity index (χ0n) is 13.8. The van der Waals surface area contributed by atoms with Crippen LogP contribution in [0.3, 0.4) is 0 Å². The molecular weight excluding hydrogens is 282 g/mol. The molecule has 0 saturated heterocycles. The fraction of sp³-hybridized carbons (Fsp3) is 0.812. The maximum absolute atomic E-state index is 5.30. The predicted octanol–water partition coefficient (Wildman–Crippen LogP) is 3.41. The Kier molecular flexibility index (Phi) is 6.45. The van der Waals surface area contributed by atoms with E-state index in [1.165, 1.54) is 30.6 Å². The summed E-state index contributed by atoms with van der Waals surface area (Å²) in [5.74, 6) is 0.888. The molecule has 0 aliphatic heterocycles. The summed E-state index contributed by atoms with van der Waals surface area (Å²) < 4.78 is 5.30. The van der Waals surface area contributed by atoms with Crippen LogP contribution in [0.4, 0.5) is 5.13 Å². The Hall–Kier alpha value is -0.650. The van der Waals surface area contributed by atoms with E-state index in [0.29, 0.717) is 12.6 Å². The molecule has 2 rings (SSSR count). The second kappa shape index (κ2) is 8.11. The van der Waals surface area contributed by atoms with Crippen molar-refractivity contribution in [2.75, 3.05) is 25.6 Å². The van der Waals surface area contributed by atoms with Crippen LogP contribution in [0.25, 0.3) is 0 Å². The number of ether oxygens (including phenoxy) is 1. The monoisotopic (exact) mass is 311 g/mol. The molecule has 0 atom stereocenters. The summed E-state index contributed by atoms with van der Waals surface area (Å²) in [7, 11) is 3.94. The van der Waals surface area contributed by atoms with Crippen molar-refractivity contribution in [2.24, 2.45) is 5.92 Å². The number of nitrogens with one attached hydrogen (secondary N) is 1. The minimum absolute atomic E-state index is 0.604. The molecule has 0 bridgehead atoms. The number of hydrogen-bond donors (Lipinski definition) is 1. The Balaban J connectivity index is 2.07. The highest BCUT2D eigenvalue weighted by Gasteiger charge is 2.24. The van der Waals surface area contributed by atoms with Gasteiger partial charge < -0.3 is 15.0 Å². The van der Waals surface area contributed by atoms with Crippen molar-refractivity contribution in [2.45, 2.75) is 58.7 Å². The minimum Gasteiger partial charge on any atom is -0.378 e. The van der Waals surface area contributed by atoms with Crippen molar-refractivity contribution in [3.63, 3.8) is 0 Å². The van der Waals surface area contributed by atoms with Crippen molar-refractivity contribution in [1.29, 1.82) is 0 Å². The van der Waals surface area contributed by atoms with Gasteiger partial charge in [0, 0.05) is 31.6 Å². The third-order valence-corrected chi connectivity index (χ3v) is 5.61. The third-order valence-electron chi connectivity index (χ3n) is 4.42. The van der Waals surface area contributed by atoms with Crippen LogP contribution in [0.1, 0.15) is 50.1 Å². The van der Waals surface area contributed by atoms with E-state index in [4.69, 9.17) is 9.72 Å². The van der Waals surface area contributed by atoms with Gasteiger partial charge in [0.1, 0.15) is 0 Å². The van der Waals surface area contributed by atoms with Crippen molar-refractivity contribution < 1.29 is 4.74 Å². The molecular formula is C16H29N3OS. The Morgan fingerprint density at radius 3 is 2.67 bits per heavy atom. The summed E-state index contributed by atoms with van der Waals surface area (Å²) in [6.45, 7) is 6.98. The molecule has 1 saturated carbocycles. The minimum atomic E-state index is 0.604. The molecule has 0 aromatic carbocycles. The number of rotatable bonds is 7. The molecule has 1 aromatic rings. The Morgan fingerprint density at radius 1 is 1.33 bits per heavy atom. The van der Waals surface area contributed by atoms with Crippen molar-refractivity contribution in [3.05, 3.63) is 10.6 Å². The van der Waals surface area contributed by atoms with E-state index in [1.807, 2.05) is 11.3 Å². The molecule has 0 radical (unpaired) electrons. The van der Waals surface area contributed by atoms with Gasteiger partial charge in [-0.15, -0.1) is 11.3 Å². The molecule has 4 nitrogen and oxygen atoms in total. The summed E-state index contributed by atoms with van der Waals surface area (Å²) in [6, 6.07) is 0.648. The normalized spacial score (nSPS) is 22.5. The number of methoxy groups -OCH3 is 1. The topological polar surface area (TPSA) is 37.4 Å². The van der Waals surface area contributed by atoms with E-state index in [0.717, 1.165) is 29.8 Å². The second-order valence-electron chi connectivity index (χ2n) is 6.10. The lowest BCUT2D eigenvalue weighted by Crippen LogP contribution is -2.34. The average molecular weight is 311 g/mol. The fourth-order valence-corrected chi connectivity index (χ4v) is 4.00. The van der Waals surface area contributed by atoms with Crippen LogP contribution in [-0.4, -0.2) is 31.7 Å². The number of nitrogens with zero attached hydrogens (tertiary/aromatic N) is 2. The van der Waals surface area contributed by atoms with Gasteiger partial charge in [0.2, 0.25) is 0 Å². The van der Waals surface area contributed by atoms with Gasteiger partial charge in [0.05, 0.1) is 12.3 Å². The highest BCUT2D eigenvalue weighted by Crippen LogP contribution is 2.33. The molecule has 120 valence electrons. The van der Waals surface area contributed by atoms with Gasteiger partial charge >= 0.3 is 0 Å². The van der Waals surface area contributed by atoms with E-state index in [-0.39, 0.29) is 0 Å².